The van der Waals surface area contributed by atoms with Gasteiger partial charge in [0.1, 0.15) is 0 Å². The summed E-state index contributed by atoms with van der Waals surface area (Å²) < 4.78 is 0. The number of nitrogens with zero attached hydrogens (tertiary/aromatic N) is 2. The van der Waals surface area contributed by atoms with Gasteiger partial charge in [0, 0.05) is 13.1 Å². The van der Waals surface area contributed by atoms with Crippen molar-refractivity contribution in [2.45, 2.75) is 25.9 Å². The lowest BCUT2D eigenvalue weighted by atomic mass is 9.80. The van der Waals surface area contributed by atoms with E-state index in [0.717, 1.165) is 25.2 Å². The van der Waals surface area contributed by atoms with E-state index in [4.69, 9.17) is 5.26 Å². The SMILES string of the molecule is CN1CCC(C)(CNCC(O)c2ccc(C#N)cc2)CC1. The van der Waals surface area contributed by atoms with E-state index in [0.29, 0.717) is 17.5 Å². The Balaban J connectivity index is 1.78. The van der Waals surface area contributed by atoms with Gasteiger partial charge in [-0.15, -0.1) is 0 Å². The summed E-state index contributed by atoms with van der Waals surface area (Å²) in [5.41, 5.74) is 1.81. The molecule has 4 nitrogen and oxygen atoms in total. The van der Waals surface area contributed by atoms with Crippen LogP contribution in [0.5, 0.6) is 0 Å². The zero-order valence-electron chi connectivity index (χ0n) is 13.0. The summed E-state index contributed by atoms with van der Waals surface area (Å²) in [6, 6.07) is 9.22. The van der Waals surface area contributed by atoms with Crippen LogP contribution in [0.15, 0.2) is 24.3 Å². The first-order valence-electron chi connectivity index (χ1n) is 7.60. The van der Waals surface area contributed by atoms with Crippen molar-refractivity contribution in [1.82, 2.24) is 10.2 Å². The van der Waals surface area contributed by atoms with Crippen molar-refractivity contribution in [1.29, 1.82) is 5.26 Å². The highest BCUT2D eigenvalue weighted by molar-refractivity contribution is 5.32. The molecule has 0 spiro atoms. The maximum absolute atomic E-state index is 10.2. The molecule has 1 heterocycles. The van der Waals surface area contributed by atoms with Gasteiger partial charge in [-0.1, -0.05) is 19.1 Å². The maximum atomic E-state index is 10.2. The molecule has 0 amide bonds. The Morgan fingerprint density at radius 3 is 2.52 bits per heavy atom. The average Bonchev–Trinajstić information content (AvgIpc) is 2.50. The quantitative estimate of drug-likeness (QED) is 0.868. The topological polar surface area (TPSA) is 59.3 Å². The monoisotopic (exact) mass is 287 g/mol. The molecule has 21 heavy (non-hydrogen) atoms. The Kier molecular flexibility index (Phi) is 5.35. The van der Waals surface area contributed by atoms with Gasteiger partial charge in [-0.05, 0) is 56.1 Å². The molecule has 0 aromatic heterocycles. The van der Waals surface area contributed by atoms with Crippen molar-refractivity contribution in [3.8, 4) is 6.07 Å². The van der Waals surface area contributed by atoms with Gasteiger partial charge in [0.05, 0.1) is 17.7 Å². The zero-order chi connectivity index (χ0) is 15.3. The number of aliphatic hydroxyl groups excluding tert-OH is 1. The number of benzene rings is 1. The second-order valence-electron chi connectivity index (χ2n) is 6.49. The van der Waals surface area contributed by atoms with Crippen LogP contribution in [0.2, 0.25) is 0 Å². The van der Waals surface area contributed by atoms with E-state index >= 15 is 0 Å². The van der Waals surface area contributed by atoms with E-state index in [1.165, 1.54) is 12.8 Å². The van der Waals surface area contributed by atoms with Gasteiger partial charge in [0.15, 0.2) is 0 Å². The molecular weight excluding hydrogens is 262 g/mol. The van der Waals surface area contributed by atoms with Crippen LogP contribution in [-0.2, 0) is 0 Å². The molecule has 1 unspecified atom stereocenters. The number of rotatable bonds is 5. The lowest BCUT2D eigenvalue weighted by molar-refractivity contribution is 0.124. The Hall–Kier alpha value is -1.41. The predicted molar refractivity (Wildman–Crippen MR) is 83.8 cm³/mol. The molecule has 1 aromatic carbocycles. The third kappa shape index (κ3) is 4.53. The molecule has 1 saturated heterocycles. The number of aliphatic hydroxyl groups is 1. The van der Waals surface area contributed by atoms with Crippen molar-refractivity contribution in [3.63, 3.8) is 0 Å². The normalized spacial score (nSPS) is 19.9. The van der Waals surface area contributed by atoms with E-state index in [2.05, 4.69) is 30.3 Å². The first-order chi connectivity index (χ1) is 10.0. The zero-order valence-corrected chi connectivity index (χ0v) is 13.0. The molecule has 0 aliphatic carbocycles. The highest BCUT2D eigenvalue weighted by atomic mass is 16.3. The van der Waals surface area contributed by atoms with Crippen molar-refractivity contribution in [2.24, 2.45) is 5.41 Å². The van der Waals surface area contributed by atoms with Crippen LogP contribution < -0.4 is 5.32 Å². The van der Waals surface area contributed by atoms with Gasteiger partial charge in [0.25, 0.3) is 0 Å². The number of nitriles is 1. The van der Waals surface area contributed by atoms with E-state index in [1.807, 2.05) is 12.1 Å². The van der Waals surface area contributed by atoms with Crippen LogP contribution in [0.1, 0.15) is 37.0 Å². The summed E-state index contributed by atoms with van der Waals surface area (Å²) in [5, 5.41) is 22.4. The van der Waals surface area contributed by atoms with E-state index in [9.17, 15) is 5.11 Å². The van der Waals surface area contributed by atoms with Crippen LogP contribution in [0.25, 0.3) is 0 Å². The Morgan fingerprint density at radius 2 is 1.95 bits per heavy atom. The van der Waals surface area contributed by atoms with Gasteiger partial charge >= 0.3 is 0 Å². The average molecular weight is 287 g/mol. The fraction of sp³-hybridized carbons (Fsp3) is 0.588. The minimum atomic E-state index is -0.521. The molecule has 1 aliphatic rings. The van der Waals surface area contributed by atoms with E-state index < -0.39 is 6.10 Å². The standard InChI is InChI=1S/C17H25N3O/c1-17(7-9-20(2)10-8-17)13-19-12-16(21)15-5-3-14(11-18)4-6-15/h3-6,16,19,21H,7-10,12-13H2,1-2H3. The Morgan fingerprint density at radius 1 is 1.33 bits per heavy atom. The highest BCUT2D eigenvalue weighted by Crippen LogP contribution is 2.29. The van der Waals surface area contributed by atoms with E-state index in [1.54, 1.807) is 12.1 Å². The lowest BCUT2D eigenvalue weighted by Gasteiger charge is -2.38. The van der Waals surface area contributed by atoms with Crippen LogP contribution in [0.3, 0.4) is 0 Å². The summed E-state index contributed by atoms with van der Waals surface area (Å²) in [7, 11) is 2.17. The second kappa shape index (κ2) is 7.04. The fourth-order valence-electron chi connectivity index (χ4n) is 2.74. The minimum absolute atomic E-state index is 0.330. The number of likely N-dealkylation sites (tertiary alicyclic amines) is 1. The molecule has 1 fully saturated rings. The maximum Gasteiger partial charge on any atom is 0.0991 e. The lowest BCUT2D eigenvalue weighted by Crippen LogP contribution is -2.42. The highest BCUT2D eigenvalue weighted by Gasteiger charge is 2.28. The second-order valence-corrected chi connectivity index (χ2v) is 6.49. The minimum Gasteiger partial charge on any atom is -0.387 e. The number of nitrogens with one attached hydrogen (secondary N) is 1. The molecule has 0 saturated carbocycles. The smallest absolute Gasteiger partial charge is 0.0991 e. The summed E-state index contributed by atoms with van der Waals surface area (Å²) in [6.45, 7) is 6.11. The first-order valence-corrected chi connectivity index (χ1v) is 7.60. The Bertz CT molecular complexity index is 484. The molecule has 114 valence electrons. The van der Waals surface area contributed by atoms with Gasteiger partial charge in [0.2, 0.25) is 0 Å². The van der Waals surface area contributed by atoms with Crippen LogP contribution in [0, 0.1) is 16.7 Å². The Labute approximate surface area is 127 Å². The van der Waals surface area contributed by atoms with Crippen molar-refractivity contribution < 1.29 is 5.11 Å². The van der Waals surface area contributed by atoms with Crippen molar-refractivity contribution in [3.05, 3.63) is 35.4 Å². The number of hydrogen-bond acceptors (Lipinski definition) is 4. The van der Waals surface area contributed by atoms with Gasteiger partial charge < -0.3 is 15.3 Å². The molecule has 4 heteroatoms. The fourth-order valence-corrected chi connectivity index (χ4v) is 2.74. The third-order valence-electron chi connectivity index (χ3n) is 4.51. The summed E-state index contributed by atoms with van der Waals surface area (Å²) in [6.07, 6.45) is 1.88. The summed E-state index contributed by atoms with van der Waals surface area (Å²) >= 11 is 0. The van der Waals surface area contributed by atoms with Crippen molar-refractivity contribution in [2.75, 3.05) is 33.2 Å². The molecule has 0 radical (unpaired) electrons. The van der Waals surface area contributed by atoms with Crippen LogP contribution in [-0.4, -0.2) is 43.2 Å². The number of hydrogen-bond donors (Lipinski definition) is 2. The molecule has 2 N–H and O–H groups in total. The van der Waals surface area contributed by atoms with Gasteiger partial charge in [-0.25, -0.2) is 0 Å². The largest absolute Gasteiger partial charge is 0.387 e. The molecule has 0 bridgehead atoms. The first kappa shape index (κ1) is 16.0. The molecule has 1 atom stereocenters. The van der Waals surface area contributed by atoms with Gasteiger partial charge in [-0.2, -0.15) is 5.26 Å². The molecule has 2 rings (SSSR count). The molecular formula is C17H25N3O. The number of piperidine rings is 1. The van der Waals surface area contributed by atoms with E-state index in [-0.39, 0.29) is 0 Å². The summed E-state index contributed by atoms with van der Waals surface area (Å²) in [4.78, 5) is 2.37. The predicted octanol–water partition coefficient (Wildman–Crippen LogP) is 1.91. The van der Waals surface area contributed by atoms with Crippen LogP contribution in [0.4, 0.5) is 0 Å². The molecule has 1 aromatic rings. The summed E-state index contributed by atoms with van der Waals surface area (Å²) in [5.74, 6) is 0. The van der Waals surface area contributed by atoms with Gasteiger partial charge in [-0.3, -0.25) is 0 Å². The van der Waals surface area contributed by atoms with Crippen molar-refractivity contribution >= 4 is 0 Å². The van der Waals surface area contributed by atoms with Crippen LogP contribution >= 0.6 is 0 Å². The third-order valence-corrected chi connectivity index (χ3v) is 4.51. The molecule has 1 aliphatic heterocycles.